The molecule has 0 radical (unpaired) electrons. The Bertz CT molecular complexity index is 1380. The van der Waals surface area contributed by atoms with Crippen molar-refractivity contribution in [2.75, 3.05) is 5.32 Å². The van der Waals surface area contributed by atoms with E-state index < -0.39 is 12.3 Å². The first kappa shape index (κ1) is 22.6. The van der Waals surface area contributed by atoms with Gasteiger partial charge in [0, 0.05) is 23.4 Å². The fourth-order valence-corrected chi connectivity index (χ4v) is 4.34. The number of aryl methyl sites for hydroxylation is 1. The molecule has 3 aromatic heterocycles. The molecule has 0 aliphatic heterocycles. The predicted molar refractivity (Wildman–Crippen MR) is 123 cm³/mol. The first-order chi connectivity index (χ1) is 16.3. The van der Waals surface area contributed by atoms with Crippen LogP contribution in [0.3, 0.4) is 0 Å². The fourth-order valence-electron chi connectivity index (χ4n) is 3.92. The molecule has 0 atom stereocenters. The summed E-state index contributed by atoms with van der Waals surface area (Å²) in [4.78, 5) is 17.3. The number of hydrogen-bond donors (Lipinski definition) is 1. The van der Waals surface area contributed by atoms with Gasteiger partial charge in [-0.3, -0.25) is 9.48 Å². The number of hydrogen-bond acceptors (Lipinski definition) is 4. The van der Waals surface area contributed by atoms with E-state index in [1.165, 1.54) is 22.9 Å². The first-order valence-corrected chi connectivity index (χ1v) is 11.5. The molecule has 1 aromatic carbocycles. The summed E-state index contributed by atoms with van der Waals surface area (Å²) in [6, 6.07) is 7.52. The Morgan fingerprint density at radius 1 is 1.24 bits per heavy atom. The van der Waals surface area contributed by atoms with Crippen LogP contribution in [0.1, 0.15) is 47.7 Å². The number of amides is 1. The molecule has 1 aliphatic rings. The number of alkyl halides is 2. The Morgan fingerprint density at radius 2 is 1.97 bits per heavy atom. The number of carbonyl (C=O) groups excluding carboxylic acids is 1. The Balaban J connectivity index is 1.36. The van der Waals surface area contributed by atoms with Crippen molar-refractivity contribution < 1.29 is 18.0 Å². The standard InChI is InChI=1S/C23H20BrF3N6O/c1-12-20-16(21(26)27)8-18(14-4-5-14)28-23(20)33(30-12)11-19(34)29-22-17(24)10-32(31-22)9-13-2-6-15(25)7-3-13/h2-3,6-8,10,14,21H,4-5,9,11H2,1H3,(H,29,31,34). The van der Waals surface area contributed by atoms with Gasteiger partial charge >= 0.3 is 0 Å². The van der Waals surface area contributed by atoms with Crippen molar-refractivity contribution in [3.63, 3.8) is 0 Å². The highest BCUT2D eigenvalue weighted by atomic mass is 79.9. The van der Waals surface area contributed by atoms with E-state index in [1.807, 2.05) is 0 Å². The van der Waals surface area contributed by atoms with Gasteiger partial charge in [-0.2, -0.15) is 10.2 Å². The van der Waals surface area contributed by atoms with Crippen molar-refractivity contribution in [3.8, 4) is 0 Å². The number of nitrogens with zero attached hydrogens (tertiary/aromatic N) is 5. The Kier molecular flexibility index (Phi) is 5.88. The molecule has 5 rings (SSSR count). The lowest BCUT2D eigenvalue weighted by atomic mass is 10.1. The monoisotopic (exact) mass is 532 g/mol. The van der Waals surface area contributed by atoms with Crippen molar-refractivity contribution in [2.45, 2.75) is 45.2 Å². The highest BCUT2D eigenvalue weighted by molar-refractivity contribution is 9.10. The largest absolute Gasteiger partial charge is 0.307 e. The van der Waals surface area contributed by atoms with E-state index in [2.05, 4.69) is 36.4 Å². The fraction of sp³-hybridized carbons (Fsp3) is 0.304. The molecule has 1 aliphatic carbocycles. The van der Waals surface area contributed by atoms with E-state index in [1.54, 1.807) is 29.9 Å². The van der Waals surface area contributed by atoms with Crippen LogP contribution in [0.4, 0.5) is 19.0 Å². The molecule has 1 fully saturated rings. The van der Waals surface area contributed by atoms with Crippen LogP contribution in [0.25, 0.3) is 11.0 Å². The Labute approximate surface area is 201 Å². The minimum Gasteiger partial charge on any atom is -0.307 e. The number of aromatic nitrogens is 5. The average molecular weight is 533 g/mol. The van der Waals surface area contributed by atoms with E-state index in [-0.39, 0.29) is 34.9 Å². The summed E-state index contributed by atoms with van der Waals surface area (Å²) in [5, 5.41) is 11.7. The summed E-state index contributed by atoms with van der Waals surface area (Å²) < 4.78 is 44.1. The van der Waals surface area contributed by atoms with Crippen LogP contribution < -0.4 is 5.32 Å². The van der Waals surface area contributed by atoms with E-state index in [4.69, 9.17) is 0 Å². The smallest absolute Gasteiger partial charge is 0.264 e. The van der Waals surface area contributed by atoms with Gasteiger partial charge in [0.1, 0.15) is 12.4 Å². The van der Waals surface area contributed by atoms with Gasteiger partial charge in [0.25, 0.3) is 6.43 Å². The summed E-state index contributed by atoms with van der Waals surface area (Å²) >= 11 is 3.38. The van der Waals surface area contributed by atoms with E-state index in [9.17, 15) is 18.0 Å². The third-order valence-electron chi connectivity index (χ3n) is 5.68. The average Bonchev–Trinajstić information content (AvgIpc) is 3.52. The maximum atomic E-state index is 13.7. The molecule has 0 unspecified atom stereocenters. The number of rotatable bonds is 7. The molecular weight excluding hydrogens is 513 g/mol. The molecule has 3 heterocycles. The molecule has 1 amide bonds. The summed E-state index contributed by atoms with van der Waals surface area (Å²) in [5.41, 5.74) is 2.05. The van der Waals surface area contributed by atoms with E-state index in [0.29, 0.717) is 28.2 Å². The lowest BCUT2D eigenvalue weighted by Gasteiger charge is -2.08. The van der Waals surface area contributed by atoms with Crippen LogP contribution in [0.2, 0.25) is 0 Å². The van der Waals surface area contributed by atoms with Gasteiger partial charge in [-0.25, -0.2) is 22.8 Å². The lowest BCUT2D eigenvalue weighted by Crippen LogP contribution is -2.20. The molecule has 0 bridgehead atoms. The summed E-state index contributed by atoms with van der Waals surface area (Å²) in [6.07, 6.45) is 0.881. The number of benzene rings is 1. The van der Waals surface area contributed by atoms with Crippen molar-refractivity contribution in [3.05, 3.63) is 69.3 Å². The molecule has 11 heteroatoms. The summed E-state index contributed by atoms with van der Waals surface area (Å²) in [5.74, 6) is -0.255. The number of fused-ring (bicyclic) bond motifs is 1. The van der Waals surface area contributed by atoms with Crippen molar-refractivity contribution in [2.24, 2.45) is 0 Å². The SMILES string of the molecule is Cc1nn(CC(=O)Nc2nn(Cc3ccc(F)cc3)cc2Br)c2nc(C3CC3)cc(C(F)F)c12. The van der Waals surface area contributed by atoms with Gasteiger partial charge in [-0.1, -0.05) is 12.1 Å². The minimum atomic E-state index is -2.66. The number of halogens is 4. The number of nitrogens with one attached hydrogen (secondary N) is 1. The molecule has 7 nitrogen and oxygen atoms in total. The molecule has 0 spiro atoms. The van der Waals surface area contributed by atoms with E-state index >= 15 is 0 Å². The third kappa shape index (κ3) is 4.56. The molecule has 0 saturated heterocycles. The van der Waals surface area contributed by atoms with Gasteiger partial charge in [-0.05, 0) is 59.5 Å². The lowest BCUT2D eigenvalue weighted by molar-refractivity contribution is -0.116. The highest BCUT2D eigenvalue weighted by Gasteiger charge is 2.29. The number of carbonyl (C=O) groups is 1. The zero-order valence-corrected chi connectivity index (χ0v) is 19.7. The molecule has 176 valence electrons. The molecule has 1 saturated carbocycles. The summed E-state index contributed by atoms with van der Waals surface area (Å²) in [6.45, 7) is 1.82. The van der Waals surface area contributed by atoms with E-state index in [0.717, 1.165) is 18.4 Å². The maximum Gasteiger partial charge on any atom is 0.264 e. The normalized spacial score (nSPS) is 13.7. The Morgan fingerprint density at radius 3 is 2.65 bits per heavy atom. The van der Waals surface area contributed by atoms with Gasteiger partial charge in [-0.15, -0.1) is 0 Å². The minimum absolute atomic E-state index is 0.0988. The van der Waals surface area contributed by atoms with Crippen LogP contribution in [-0.4, -0.2) is 30.5 Å². The van der Waals surface area contributed by atoms with Crippen LogP contribution >= 0.6 is 15.9 Å². The molecule has 4 aromatic rings. The van der Waals surface area contributed by atoms with Gasteiger partial charge in [0.05, 0.1) is 22.1 Å². The van der Waals surface area contributed by atoms with Gasteiger partial charge < -0.3 is 5.32 Å². The van der Waals surface area contributed by atoms with Gasteiger partial charge in [0.2, 0.25) is 5.91 Å². The quantitative estimate of drug-likeness (QED) is 0.348. The van der Waals surface area contributed by atoms with Crippen LogP contribution in [0.5, 0.6) is 0 Å². The molecular formula is C23H20BrF3N6O. The topological polar surface area (TPSA) is 77.6 Å². The van der Waals surface area contributed by atoms with Crippen LogP contribution in [0, 0.1) is 12.7 Å². The van der Waals surface area contributed by atoms with Gasteiger partial charge in [0.15, 0.2) is 11.5 Å². The highest BCUT2D eigenvalue weighted by Crippen LogP contribution is 2.41. The second-order valence-electron chi connectivity index (χ2n) is 8.35. The second kappa shape index (κ2) is 8.86. The summed E-state index contributed by atoms with van der Waals surface area (Å²) in [7, 11) is 0. The predicted octanol–water partition coefficient (Wildman–Crippen LogP) is 5.34. The van der Waals surface area contributed by atoms with Crippen molar-refractivity contribution >= 4 is 38.7 Å². The zero-order chi connectivity index (χ0) is 24.0. The zero-order valence-electron chi connectivity index (χ0n) is 18.1. The van der Waals surface area contributed by atoms with Crippen molar-refractivity contribution in [1.82, 2.24) is 24.5 Å². The Hall–Kier alpha value is -3.21. The molecule has 34 heavy (non-hydrogen) atoms. The second-order valence-corrected chi connectivity index (χ2v) is 9.21. The number of pyridine rings is 1. The third-order valence-corrected chi connectivity index (χ3v) is 6.26. The maximum absolute atomic E-state index is 13.7. The van der Waals surface area contributed by atoms with Crippen molar-refractivity contribution in [1.29, 1.82) is 0 Å². The first-order valence-electron chi connectivity index (χ1n) is 10.7. The number of anilines is 1. The molecule has 1 N–H and O–H groups in total. The van der Waals surface area contributed by atoms with Crippen LogP contribution in [-0.2, 0) is 17.9 Å². The van der Waals surface area contributed by atoms with Crippen LogP contribution in [0.15, 0.2) is 41.0 Å².